The fourth-order valence-corrected chi connectivity index (χ4v) is 2.28. The molecule has 0 spiro atoms. The van der Waals surface area contributed by atoms with Gasteiger partial charge >= 0.3 is 0 Å². The van der Waals surface area contributed by atoms with Crippen LogP contribution in [-0.4, -0.2) is 24.2 Å². The quantitative estimate of drug-likeness (QED) is 0.588. The second-order valence-corrected chi connectivity index (χ2v) is 5.53. The van der Waals surface area contributed by atoms with E-state index in [0.717, 1.165) is 12.2 Å². The predicted octanol–water partition coefficient (Wildman–Crippen LogP) is 2.27. The number of nitrogens with one attached hydrogen (secondary N) is 1. The lowest BCUT2D eigenvalue weighted by atomic mass is 9.99. The van der Waals surface area contributed by atoms with E-state index in [1.807, 2.05) is 32.0 Å². The fraction of sp³-hybridized carbons (Fsp3) is 0.500. The van der Waals surface area contributed by atoms with Crippen LogP contribution >= 0.6 is 11.8 Å². The van der Waals surface area contributed by atoms with Crippen LogP contribution in [0.25, 0.3) is 0 Å². The molecule has 0 radical (unpaired) electrons. The summed E-state index contributed by atoms with van der Waals surface area (Å²) in [7, 11) is 0. The highest BCUT2D eigenvalue weighted by molar-refractivity contribution is 7.99. The van der Waals surface area contributed by atoms with E-state index in [4.69, 9.17) is 5.73 Å². The van der Waals surface area contributed by atoms with Crippen LogP contribution in [0.4, 0.5) is 0 Å². The average Bonchev–Trinajstić information content (AvgIpc) is 2.42. The number of hydrogen-bond acceptors (Lipinski definition) is 3. The molecule has 18 heavy (non-hydrogen) atoms. The number of benzene rings is 1. The van der Waals surface area contributed by atoms with Crippen molar-refractivity contribution in [3.05, 3.63) is 30.3 Å². The lowest BCUT2D eigenvalue weighted by Crippen LogP contribution is -2.45. The first kappa shape index (κ1) is 15.1. The van der Waals surface area contributed by atoms with Crippen molar-refractivity contribution in [1.82, 2.24) is 5.32 Å². The van der Waals surface area contributed by atoms with Crippen LogP contribution in [0.1, 0.15) is 20.3 Å². The first-order valence-corrected chi connectivity index (χ1v) is 7.34. The number of amides is 1. The van der Waals surface area contributed by atoms with E-state index < -0.39 is 6.04 Å². The van der Waals surface area contributed by atoms with Crippen molar-refractivity contribution in [2.75, 3.05) is 12.3 Å². The summed E-state index contributed by atoms with van der Waals surface area (Å²) in [6.07, 6.45) is 0.924. The molecule has 1 rings (SSSR count). The molecule has 3 nitrogen and oxygen atoms in total. The van der Waals surface area contributed by atoms with E-state index >= 15 is 0 Å². The molecule has 0 aliphatic heterocycles. The van der Waals surface area contributed by atoms with Gasteiger partial charge < -0.3 is 11.1 Å². The van der Waals surface area contributed by atoms with Gasteiger partial charge in [-0.25, -0.2) is 0 Å². The number of carbonyl (C=O) groups excluding carboxylic acids is 1. The maximum atomic E-state index is 11.7. The molecular formula is C14H22N2OS. The Morgan fingerprint density at radius 3 is 2.67 bits per heavy atom. The van der Waals surface area contributed by atoms with E-state index in [1.54, 1.807) is 11.8 Å². The number of hydrogen-bond donors (Lipinski definition) is 2. The number of rotatable bonds is 7. The van der Waals surface area contributed by atoms with Crippen LogP contribution in [0.15, 0.2) is 35.2 Å². The van der Waals surface area contributed by atoms with Gasteiger partial charge in [-0.2, -0.15) is 0 Å². The molecule has 2 unspecified atom stereocenters. The second kappa shape index (κ2) is 8.16. The van der Waals surface area contributed by atoms with Gasteiger partial charge in [0.05, 0.1) is 6.04 Å². The molecule has 0 aromatic heterocycles. The number of carbonyl (C=O) groups is 1. The Morgan fingerprint density at radius 2 is 2.06 bits per heavy atom. The summed E-state index contributed by atoms with van der Waals surface area (Å²) < 4.78 is 0. The first-order valence-electron chi connectivity index (χ1n) is 6.36. The fourth-order valence-electron chi connectivity index (χ4n) is 1.49. The molecule has 100 valence electrons. The van der Waals surface area contributed by atoms with E-state index in [9.17, 15) is 4.79 Å². The molecular weight excluding hydrogens is 244 g/mol. The summed E-state index contributed by atoms with van der Waals surface area (Å²) in [6, 6.07) is 9.77. The molecule has 1 aromatic carbocycles. The Morgan fingerprint density at radius 1 is 1.39 bits per heavy atom. The van der Waals surface area contributed by atoms with E-state index in [2.05, 4.69) is 17.4 Å². The second-order valence-electron chi connectivity index (χ2n) is 4.36. The van der Waals surface area contributed by atoms with Gasteiger partial charge in [-0.05, 0) is 18.1 Å². The highest BCUT2D eigenvalue weighted by Crippen LogP contribution is 2.15. The summed E-state index contributed by atoms with van der Waals surface area (Å²) >= 11 is 1.73. The van der Waals surface area contributed by atoms with Gasteiger partial charge in [-0.3, -0.25) is 4.79 Å². The summed E-state index contributed by atoms with van der Waals surface area (Å²) in [5.41, 5.74) is 5.85. The summed E-state index contributed by atoms with van der Waals surface area (Å²) in [4.78, 5) is 12.9. The Hall–Kier alpha value is -1.00. The minimum atomic E-state index is -0.392. The van der Waals surface area contributed by atoms with Crippen LogP contribution in [0.3, 0.4) is 0 Å². The lowest BCUT2D eigenvalue weighted by Gasteiger charge is -2.17. The molecule has 1 aromatic rings. The Labute approximate surface area is 114 Å². The smallest absolute Gasteiger partial charge is 0.237 e. The van der Waals surface area contributed by atoms with Crippen molar-refractivity contribution >= 4 is 17.7 Å². The molecule has 3 N–H and O–H groups in total. The van der Waals surface area contributed by atoms with Crippen LogP contribution in [-0.2, 0) is 4.79 Å². The zero-order valence-electron chi connectivity index (χ0n) is 11.1. The monoisotopic (exact) mass is 266 g/mol. The third-order valence-electron chi connectivity index (χ3n) is 2.97. The first-order chi connectivity index (χ1) is 8.65. The Kier molecular flexibility index (Phi) is 6.83. The van der Waals surface area contributed by atoms with E-state index in [0.29, 0.717) is 6.54 Å². The van der Waals surface area contributed by atoms with Gasteiger partial charge in [-0.15, -0.1) is 11.8 Å². The zero-order valence-corrected chi connectivity index (χ0v) is 11.9. The Balaban J connectivity index is 2.20. The van der Waals surface area contributed by atoms with E-state index in [1.165, 1.54) is 4.90 Å². The van der Waals surface area contributed by atoms with Gasteiger partial charge in [-0.1, -0.05) is 38.5 Å². The van der Waals surface area contributed by atoms with Crippen molar-refractivity contribution in [1.29, 1.82) is 0 Å². The molecule has 0 saturated heterocycles. The molecule has 0 aliphatic rings. The highest BCUT2D eigenvalue weighted by atomic mass is 32.2. The van der Waals surface area contributed by atoms with Crippen molar-refractivity contribution < 1.29 is 4.79 Å². The highest BCUT2D eigenvalue weighted by Gasteiger charge is 2.18. The van der Waals surface area contributed by atoms with Gasteiger partial charge in [0.2, 0.25) is 5.91 Å². The van der Waals surface area contributed by atoms with Crippen LogP contribution in [0.5, 0.6) is 0 Å². The SMILES string of the molecule is CCC(C)C(N)C(=O)NCCSc1ccccc1. The standard InChI is InChI=1S/C14H22N2OS/c1-3-11(2)13(15)14(17)16-9-10-18-12-7-5-4-6-8-12/h4-8,11,13H,3,9-10,15H2,1-2H3,(H,16,17). The third-order valence-corrected chi connectivity index (χ3v) is 3.99. The lowest BCUT2D eigenvalue weighted by molar-refractivity contribution is -0.123. The topological polar surface area (TPSA) is 55.1 Å². The van der Waals surface area contributed by atoms with Gasteiger partial charge in [0.15, 0.2) is 0 Å². The molecule has 0 fully saturated rings. The maximum absolute atomic E-state index is 11.7. The van der Waals surface area contributed by atoms with Crippen molar-refractivity contribution in [3.63, 3.8) is 0 Å². The number of thioether (sulfide) groups is 1. The summed E-state index contributed by atoms with van der Waals surface area (Å²) in [6.45, 7) is 4.70. The minimum absolute atomic E-state index is 0.0435. The van der Waals surface area contributed by atoms with E-state index in [-0.39, 0.29) is 11.8 Å². The zero-order chi connectivity index (χ0) is 13.4. The summed E-state index contributed by atoms with van der Waals surface area (Å²) in [5, 5.41) is 2.88. The molecule has 4 heteroatoms. The van der Waals surface area contributed by atoms with Crippen LogP contribution in [0.2, 0.25) is 0 Å². The van der Waals surface area contributed by atoms with Crippen molar-refractivity contribution in [2.45, 2.75) is 31.2 Å². The minimum Gasteiger partial charge on any atom is -0.354 e. The third kappa shape index (κ3) is 5.10. The molecule has 0 aliphatic carbocycles. The summed E-state index contributed by atoms with van der Waals surface area (Å²) in [5.74, 6) is 1.05. The molecule has 0 saturated carbocycles. The molecule has 2 atom stereocenters. The largest absolute Gasteiger partial charge is 0.354 e. The van der Waals surface area contributed by atoms with Crippen LogP contribution in [0, 0.1) is 5.92 Å². The molecule has 1 amide bonds. The van der Waals surface area contributed by atoms with Gasteiger partial charge in [0, 0.05) is 17.2 Å². The maximum Gasteiger partial charge on any atom is 0.237 e. The van der Waals surface area contributed by atoms with Crippen LogP contribution < -0.4 is 11.1 Å². The van der Waals surface area contributed by atoms with Gasteiger partial charge in [0.25, 0.3) is 0 Å². The predicted molar refractivity (Wildman–Crippen MR) is 77.6 cm³/mol. The van der Waals surface area contributed by atoms with Gasteiger partial charge in [0.1, 0.15) is 0 Å². The normalized spacial score (nSPS) is 13.9. The molecule has 0 bridgehead atoms. The molecule has 0 heterocycles. The number of nitrogens with two attached hydrogens (primary N) is 1. The van der Waals surface area contributed by atoms with Crippen molar-refractivity contribution in [3.8, 4) is 0 Å². The average molecular weight is 266 g/mol. The van der Waals surface area contributed by atoms with Crippen molar-refractivity contribution in [2.24, 2.45) is 11.7 Å². The Bertz CT molecular complexity index is 356.